The molecule has 21 heavy (non-hydrogen) atoms. The molecule has 1 atom stereocenters. The largest absolute Gasteiger partial charge is 0.361 e. The lowest BCUT2D eigenvalue weighted by Gasteiger charge is -2.19. The van der Waals surface area contributed by atoms with E-state index in [1.807, 2.05) is 44.3 Å². The summed E-state index contributed by atoms with van der Waals surface area (Å²) in [5.41, 5.74) is 2.04. The van der Waals surface area contributed by atoms with Crippen molar-refractivity contribution in [3.05, 3.63) is 36.0 Å². The first kappa shape index (κ1) is 15.1. The minimum atomic E-state index is -0.566. The highest BCUT2D eigenvalue weighted by Crippen LogP contribution is 2.19. The van der Waals surface area contributed by atoms with Crippen molar-refractivity contribution in [1.29, 1.82) is 0 Å². The van der Waals surface area contributed by atoms with Crippen LogP contribution in [0.25, 0.3) is 10.9 Å². The molecule has 1 aromatic heterocycles. The minimum Gasteiger partial charge on any atom is -0.361 e. The van der Waals surface area contributed by atoms with Crippen molar-refractivity contribution in [3.63, 3.8) is 0 Å². The van der Waals surface area contributed by atoms with E-state index in [0.717, 1.165) is 16.5 Å². The number of rotatable bonds is 5. The van der Waals surface area contributed by atoms with Gasteiger partial charge < -0.3 is 15.6 Å². The Bertz CT molecular complexity index is 646. The van der Waals surface area contributed by atoms with Crippen LogP contribution >= 0.6 is 0 Å². The molecule has 0 saturated heterocycles. The number of nitrogens with one attached hydrogen (secondary N) is 3. The van der Waals surface area contributed by atoms with Crippen molar-refractivity contribution in [2.75, 3.05) is 0 Å². The summed E-state index contributed by atoms with van der Waals surface area (Å²) in [6.07, 6.45) is 2.35. The number of para-hydroxylation sites is 1. The Morgan fingerprint density at radius 1 is 1.19 bits per heavy atom. The van der Waals surface area contributed by atoms with Crippen LogP contribution in [0.5, 0.6) is 0 Å². The molecule has 0 saturated carbocycles. The highest BCUT2D eigenvalue weighted by molar-refractivity contribution is 5.89. The SMILES string of the molecule is CC(=O)NC(Cc1c[nH]c2ccccc12)C(=O)NC(C)C. The second-order valence-corrected chi connectivity index (χ2v) is 5.48. The second kappa shape index (κ2) is 6.43. The Hall–Kier alpha value is -2.30. The molecule has 2 amide bonds. The molecule has 1 heterocycles. The average Bonchev–Trinajstić information content (AvgIpc) is 2.80. The first-order valence-electron chi connectivity index (χ1n) is 7.10. The molecular formula is C16H21N3O2. The fraction of sp³-hybridized carbons (Fsp3) is 0.375. The van der Waals surface area contributed by atoms with Gasteiger partial charge in [-0.05, 0) is 25.5 Å². The Morgan fingerprint density at radius 3 is 2.57 bits per heavy atom. The molecule has 5 heteroatoms. The highest BCUT2D eigenvalue weighted by atomic mass is 16.2. The van der Waals surface area contributed by atoms with Gasteiger partial charge in [0.05, 0.1) is 0 Å². The van der Waals surface area contributed by atoms with Gasteiger partial charge in [0.1, 0.15) is 6.04 Å². The Labute approximate surface area is 124 Å². The summed E-state index contributed by atoms with van der Waals surface area (Å²) >= 11 is 0. The van der Waals surface area contributed by atoms with Crippen LogP contribution in [-0.2, 0) is 16.0 Å². The fourth-order valence-electron chi connectivity index (χ4n) is 2.36. The molecule has 0 radical (unpaired) electrons. The molecular weight excluding hydrogens is 266 g/mol. The van der Waals surface area contributed by atoms with Gasteiger partial charge in [-0.25, -0.2) is 0 Å². The minimum absolute atomic E-state index is 0.0386. The number of hydrogen-bond donors (Lipinski definition) is 3. The summed E-state index contributed by atoms with van der Waals surface area (Å²) in [4.78, 5) is 26.7. The van der Waals surface area contributed by atoms with Crippen molar-refractivity contribution in [2.24, 2.45) is 0 Å². The number of carbonyl (C=O) groups is 2. The molecule has 2 rings (SSSR count). The second-order valence-electron chi connectivity index (χ2n) is 5.48. The van der Waals surface area contributed by atoms with Crippen molar-refractivity contribution in [1.82, 2.24) is 15.6 Å². The van der Waals surface area contributed by atoms with Gasteiger partial charge in [-0.1, -0.05) is 18.2 Å². The Morgan fingerprint density at radius 2 is 1.90 bits per heavy atom. The van der Waals surface area contributed by atoms with E-state index in [4.69, 9.17) is 0 Å². The highest BCUT2D eigenvalue weighted by Gasteiger charge is 2.21. The first-order chi connectivity index (χ1) is 9.97. The van der Waals surface area contributed by atoms with E-state index in [9.17, 15) is 9.59 Å². The van der Waals surface area contributed by atoms with Crippen molar-refractivity contribution in [3.8, 4) is 0 Å². The molecule has 0 aliphatic rings. The molecule has 0 bridgehead atoms. The van der Waals surface area contributed by atoms with Gasteiger partial charge in [-0.3, -0.25) is 9.59 Å². The van der Waals surface area contributed by atoms with E-state index in [1.165, 1.54) is 6.92 Å². The predicted molar refractivity (Wildman–Crippen MR) is 82.9 cm³/mol. The number of fused-ring (bicyclic) bond motifs is 1. The van der Waals surface area contributed by atoms with Gasteiger partial charge in [0.25, 0.3) is 0 Å². The Kier molecular flexibility index (Phi) is 4.62. The number of benzene rings is 1. The number of aromatic nitrogens is 1. The van der Waals surface area contributed by atoms with Crippen LogP contribution in [0.4, 0.5) is 0 Å². The van der Waals surface area contributed by atoms with Crippen molar-refractivity contribution in [2.45, 2.75) is 39.3 Å². The third kappa shape index (κ3) is 3.84. The van der Waals surface area contributed by atoms with Gasteiger partial charge in [-0.2, -0.15) is 0 Å². The van der Waals surface area contributed by atoms with Gasteiger partial charge in [0, 0.05) is 36.5 Å². The summed E-state index contributed by atoms with van der Waals surface area (Å²) < 4.78 is 0. The normalized spacial score (nSPS) is 12.4. The van der Waals surface area contributed by atoms with Crippen LogP contribution in [-0.4, -0.2) is 28.9 Å². The zero-order valence-corrected chi connectivity index (χ0v) is 12.6. The van der Waals surface area contributed by atoms with Crippen LogP contribution in [0, 0.1) is 0 Å². The standard InChI is InChI=1S/C16H21N3O2/c1-10(2)18-16(21)15(19-11(3)20)8-12-9-17-14-7-5-4-6-13(12)14/h4-7,9-10,15,17H,8H2,1-3H3,(H,18,21)(H,19,20). The van der Waals surface area contributed by atoms with Gasteiger partial charge in [0.2, 0.25) is 11.8 Å². The summed E-state index contributed by atoms with van der Waals surface area (Å²) in [5.74, 6) is -0.371. The smallest absolute Gasteiger partial charge is 0.243 e. The molecule has 112 valence electrons. The topological polar surface area (TPSA) is 74.0 Å². The molecule has 1 unspecified atom stereocenters. The summed E-state index contributed by atoms with van der Waals surface area (Å²) in [7, 11) is 0. The zero-order chi connectivity index (χ0) is 15.4. The van der Waals surface area contributed by atoms with Crippen molar-refractivity contribution >= 4 is 22.7 Å². The first-order valence-corrected chi connectivity index (χ1v) is 7.10. The molecule has 0 aliphatic carbocycles. The van der Waals surface area contributed by atoms with E-state index in [-0.39, 0.29) is 17.9 Å². The number of hydrogen-bond acceptors (Lipinski definition) is 2. The van der Waals surface area contributed by atoms with E-state index in [2.05, 4.69) is 15.6 Å². The molecule has 0 fully saturated rings. The molecule has 2 aromatic rings. The summed E-state index contributed by atoms with van der Waals surface area (Å²) in [6.45, 7) is 5.22. The Balaban J connectivity index is 2.21. The van der Waals surface area contributed by atoms with Crippen molar-refractivity contribution < 1.29 is 9.59 Å². The van der Waals surface area contributed by atoms with E-state index in [1.54, 1.807) is 0 Å². The summed E-state index contributed by atoms with van der Waals surface area (Å²) in [5, 5.41) is 6.64. The number of carbonyl (C=O) groups excluding carboxylic acids is 2. The molecule has 5 nitrogen and oxygen atoms in total. The molecule has 3 N–H and O–H groups in total. The van der Waals surface area contributed by atoms with E-state index < -0.39 is 6.04 Å². The van der Waals surface area contributed by atoms with Crippen LogP contribution in [0.3, 0.4) is 0 Å². The van der Waals surface area contributed by atoms with Gasteiger partial charge in [-0.15, -0.1) is 0 Å². The third-order valence-corrected chi connectivity index (χ3v) is 3.22. The average molecular weight is 287 g/mol. The molecule has 0 spiro atoms. The van der Waals surface area contributed by atoms with Crippen LogP contribution in [0.1, 0.15) is 26.3 Å². The maximum absolute atomic E-state index is 12.2. The molecule has 0 aliphatic heterocycles. The van der Waals surface area contributed by atoms with Crippen LogP contribution in [0.15, 0.2) is 30.5 Å². The number of aromatic amines is 1. The van der Waals surface area contributed by atoms with Crippen LogP contribution < -0.4 is 10.6 Å². The monoisotopic (exact) mass is 287 g/mol. The van der Waals surface area contributed by atoms with Crippen LogP contribution in [0.2, 0.25) is 0 Å². The molecule has 1 aromatic carbocycles. The van der Waals surface area contributed by atoms with Gasteiger partial charge in [0.15, 0.2) is 0 Å². The fourth-order valence-corrected chi connectivity index (χ4v) is 2.36. The quantitative estimate of drug-likeness (QED) is 0.783. The lowest BCUT2D eigenvalue weighted by Crippen LogP contribution is -2.49. The maximum Gasteiger partial charge on any atom is 0.243 e. The maximum atomic E-state index is 12.2. The number of amides is 2. The zero-order valence-electron chi connectivity index (χ0n) is 12.6. The summed E-state index contributed by atoms with van der Waals surface area (Å²) in [6, 6.07) is 7.38. The van der Waals surface area contributed by atoms with Gasteiger partial charge >= 0.3 is 0 Å². The third-order valence-electron chi connectivity index (χ3n) is 3.22. The van der Waals surface area contributed by atoms with E-state index in [0.29, 0.717) is 6.42 Å². The number of H-pyrrole nitrogens is 1. The lowest BCUT2D eigenvalue weighted by molar-refractivity contribution is -0.128. The van der Waals surface area contributed by atoms with E-state index >= 15 is 0 Å². The lowest BCUT2D eigenvalue weighted by atomic mass is 10.0. The predicted octanol–water partition coefficient (Wildman–Crippen LogP) is 1.74.